The van der Waals surface area contributed by atoms with Crippen molar-refractivity contribution in [1.29, 1.82) is 0 Å². The molecule has 16 heavy (non-hydrogen) atoms. The van der Waals surface area contributed by atoms with E-state index in [0.717, 1.165) is 11.8 Å². The van der Waals surface area contributed by atoms with Crippen LogP contribution < -0.4 is 5.73 Å². The van der Waals surface area contributed by atoms with Crippen LogP contribution in [-0.2, 0) is 0 Å². The molecule has 0 aromatic heterocycles. The molecule has 1 aliphatic rings. The van der Waals surface area contributed by atoms with E-state index in [1.807, 2.05) is 0 Å². The predicted molar refractivity (Wildman–Crippen MR) is 75.0 cm³/mol. The Morgan fingerprint density at radius 1 is 1.44 bits per heavy atom. The van der Waals surface area contributed by atoms with Gasteiger partial charge in [0.25, 0.3) is 0 Å². The molecule has 1 rings (SSSR count). The molecular weight excluding hydrogens is 216 g/mol. The van der Waals surface area contributed by atoms with Crippen LogP contribution in [0.15, 0.2) is 0 Å². The van der Waals surface area contributed by atoms with Gasteiger partial charge in [0, 0.05) is 30.6 Å². The summed E-state index contributed by atoms with van der Waals surface area (Å²) in [6.45, 7) is 11.4. The molecule has 2 N–H and O–H groups in total. The molecule has 1 aliphatic heterocycles. The molecule has 1 heterocycles. The van der Waals surface area contributed by atoms with Crippen molar-refractivity contribution >= 4 is 11.8 Å². The van der Waals surface area contributed by atoms with Crippen molar-refractivity contribution in [3.8, 4) is 0 Å². The maximum atomic E-state index is 5.95. The minimum absolute atomic E-state index is 0.328. The number of thioether (sulfide) groups is 1. The Balaban J connectivity index is 2.44. The molecule has 0 radical (unpaired) electrons. The highest BCUT2D eigenvalue weighted by Crippen LogP contribution is 2.27. The number of nitrogens with two attached hydrogens (primary N) is 1. The summed E-state index contributed by atoms with van der Waals surface area (Å²) in [6, 6.07) is 0. The molecular formula is C13H28N2S. The Kier molecular flexibility index (Phi) is 6.16. The lowest BCUT2D eigenvalue weighted by Gasteiger charge is -2.38. The molecule has 0 aromatic rings. The van der Waals surface area contributed by atoms with E-state index in [1.54, 1.807) is 0 Å². The van der Waals surface area contributed by atoms with Crippen molar-refractivity contribution in [1.82, 2.24) is 4.90 Å². The first-order chi connectivity index (χ1) is 7.63. The molecule has 1 fully saturated rings. The van der Waals surface area contributed by atoms with E-state index in [-0.39, 0.29) is 0 Å². The average Bonchev–Trinajstić information content (AvgIpc) is 2.29. The van der Waals surface area contributed by atoms with Gasteiger partial charge in [-0.25, -0.2) is 0 Å². The van der Waals surface area contributed by atoms with E-state index < -0.39 is 0 Å². The summed E-state index contributed by atoms with van der Waals surface area (Å²) in [4.78, 5) is 2.63. The fourth-order valence-electron chi connectivity index (χ4n) is 2.56. The van der Waals surface area contributed by atoms with Gasteiger partial charge < -0.3 is 10.6 Å². The lowest BCUT2D eigenvalue weighted by atomic mass is 9.85. The van der Waals surface area contributed by atoms with Gasteiger partial charge in [-0.2, -0.15) is 11.8 Å². The van der Waals surface area contributed by atoms with Crippen LogP contribution in [0.5, 0.6) is 0 Å². The first kappa shape index (κ1) is 14.3. The van der Waals surface area contributed by atoms with Crippen LogP contribution in [0, 0.1) is 5.41 Å². The van der Waals surface area contributed by atoms with Crippen LogP contribution in [0.25, 0.3) is 0 Å². The molecule has 0 bridgehead atoms. The van der Waals surface area contributed by atoms with Gasteiger partial charge >= 0.3 is 0 Å². The van der Waals surface area contributed by atoms with Crippen molar-refractivity contribution < 1.29 is 0 Å². The van der Waals surface area contributed by atoms with Crippen LogP contribution in [0.1, 0.15) is 40.0 Å². The highest BCUT2D eigenvalue weighted by molar-refractivity contribution is 8.00. The fraction of sp³-hybridized carbons (Fsp3) is 1.00. The third kappa shape index (κ3) is 4.27. The largest absolute Gasteiger partial charge is 0.330 e. The van der Waals surface area contributed by atoms with E-state index in [4.69, 9.17) is 5.73 Å². The summed E-state index contributed by atoms with van der Waals surface area (Å²) in [5.74, 6) is 1.30. The Morgan fingerprint density at radius 2 is 2.19 bits per heavy atom. The summed E-state index contributed by atoms with van der Waals surface area (Å²) >= 11 is 2.14. The van der Waals surface area contributed by atoms with E-state index >= 15 is 0 Å². The Bertz CT molecular complexity index is 198. The van der Waals surface area contributed by atoms with Gasteiger partial charge in [0.1, 0.15) is 0 Å². The molecule has 0 amide bonds. The zero-order valence-electron chi connectivity index (χ0n) is 11.2. The van der Waals surface area contributed by atoms with E-state index in [9.17, 15) is 0 Å². The number of rotatable bonds is 6. The molecule has 2 unspecified atom stereocenters. The van der Waals surface area contributed by atoms with Crippen molar-refractivity contribution in [3.63, 3.8) is 0 Å². The van der Waals surface area contributed by atoms with Crippen LogP contribution in [-0.4, -0.2) is 42.1 Å². The minimum atomic E-state index is 0.328. The monoisotopic (exact) mass is 244 g/mol. The predicted octanol–water partition coefficient (Wildman–Crippen LogP) is 2.58. The first-order valence-corrected chi connectivity index (χ1v) is 7.72. The maximum absolute atomic E-state index is 5.95. The quantitative estimate of drug-likeness (QED) is 0.779. The van der Waals surface area contributed by atoms with Gasteiger partial charge in [-0.15, -0.1) is 0 Å². The number of hydrogen-bond acceptors (Lipinski definition) is 3. The average molecular weight is 244 g/mol. The fourth-order valence-corrected chi connectivity index (χ4v) is 3.81. The van der Waals surface area contributed by atoms with Gasteiger partial charge in [-0.05, 0) is 24.8 Å². The Hall–Kier alpha value is 0.270. The lowest BCUT2D eigenvalue weighted by molar-refractivity contribution is 0.161. The Morgan fingerprint density at radius 3 is 2.75 bits per heavy atom. The number of nitrogens with zero attached hydrogens (tertiary/aromatic N) is 1. The third-order valence-electron chi connectivity index (χ3n) is 3.63. The van der Waals surface area contributed by atoms with Crippen molar-refractivity contribution in [3.05, 3.63) is 0 Å². The van der Waals surface area contributed by atoms with Crippen molar-refractivity contribution in [2.45, 2.75) is 45.3 Å². The second-order valence-corrected chi connectivity index (χ2v) is 6.81. The summed E-state index contributed by atoms with van der Waals surface area (Å²) in [7, 11) is 0. The zero-order valence-corrected chi connectivity index (χ0v) is 12.0. The van der Waals surface area contributed by atoms with Crippen LogP contribution in [0.2, 0.25) is 0 Å². The summed E-state index contributed by atoms with van der Waals surface area (Å²) in [5, 5.41) is 0.845. The summed E-state index contributed by atoms with van der Waals surface area (Å²) < 4.78 is 0. The smallest absolute Gasteiger partial charge is 0.0172 e. The molecule has 0 saturated carbocycles. The second kappa shape index (κ2) is 6.87. The van der Waals surface area contributed by atoms with Gasteiger partial charge in [-0.1, -0.05) is 27.2 Å². The number of hydrogen-bond donors (Lipinski definition) is 1. The zero-order chi connectivity index (χ0) is 12.0. The lowest BCUT2D eigenvalue weighted by Crippen LogP contribution is -2.46. The van der Waals surface area contributed by atoms with Crippen LogP contribution in [0.4, 0.5) is 0 Å². The molecule has 0 aliphatic carbocycles. The normalized spacial score (nSPS) is 26.6. The van der Waals surface area contributed by atoms with E-state index in [1.165, 1.54) is 44.6 Å². The summed E-state index contributed by atoms with van der Waals surface area (Å²) in [6.07, 6.45) is 3.80. The van der Waals surface area contributed by atoms with E-state index in [0.29, 0.717) is 5.41 Å². The SMILES string of the molecule is CCCC(C)(CN)CN1CCSC(CC)C1. The highest BCUT2D eigenvalue weighted by atomic mass is 32.2. The molecule has 96 valence electrons. The first-order valence-electron chi connectivity index (χ1n) is 6.67. The van der Waals surface area contributed by atoms with Crippen LogP contribution in [0.3, 0.4) is 0 Å². The van der Waals surface area contributed by atoms with E-state index in [2.05, 4.69) is 37.4 Å². The molecule has 0 spiro atoms. The van der Waals surface area contributed by atoms with Gasteiger partial charge in [-0.3, -0.25) is 0 Å². The molecule has 2 atom stereocenters. The molecule has 0 aromatic carbocycles. The minimum Gasteiger partial charge on any atom is -0.330 e. The molecule has 3 heteroatoms. The van der Waals surface area contributed by atoms with Crippen molar-refractivity contribution in [2.24, 2.45) is 11.1 Å². The van der Waals surface area contributed by atoms with Crippen molar-refractivity contribution in [2.75, 3.05) is 31.9 Å². The summed E-state index contributed by atoms with van der Waals surface area (Å²) in [5.41, 5.74) is 6.27. The molecule has 2 nitrogen and oxygen atoms in total. The van der Waals surface area contributed by atoms with Gasteiger partial charge in [0.15, 0.2) is 0 Å². The standard InChI is InChI=1S/C13H28N2S/c1-4-6-13(3,10-14)11-15-7-8-16-12(5-2)9-15/h12H,4-11,14H2,1-3H3. The highest BCUT2D eigenvalue weighted by Gasteiger charge is 2.27. The third-order valence-corrected chi connectivity index (χ3v) is 5.00. The van der Waals surface area contributed by atoms with Crippen LogP contribution >= 0.6 is 11.8 Å². The van der Waals surface area contributed by atoms with Gasteiger partial charge in [0.05, 0.1) is 0 Å². The molecule has 1 saturated heterocycles. The maximum Gasteiger partial charge on any atom is 0.0172 e. The topological polar surface area (TPSA) is 29.3 Å². The van der Waals surface area contributed by atoms with Gasteiger partial charge in [0.2, 0.25) is 0 Å². The second-order valence-electron chi connectivity index (χ2n) is 5.40. The Labute approximate surface area is 105 Å².